The molecule has 106 valence electrons. The lowest BCUT2D eigenvalue weighted by Crippen LogP contribution is -2.28. The van der Waals surface area contributed by atoms with E-state index in [1.165, 1.54) is 41.3 Å². The Hall–Kier alpha value is -2.69. The summed E-state index contributed by atoms with van der Waals surface area (Å²) in [6.07, 6.45) is 0.689. The fourth-order valence-corrected chi connectivity index (χ4v) is 2.47. The molecule has 2 aromatic carbocycles. The van der Waals surface area contributed by atoms with Crippen molar-refractivity contribution < 1.29 is 19.1 Å². The Labute approximate surface area is 120 Å². The van der Waals surface area contributed by atoms with Crippen LogP contribution in [0.1, 0.15) is 26.3 Å². The molecule has 0 aromatic heterocycles. The number of carboxylic acid groups (broad SMARTS) is 1. The lowest BCUT2D eigenvalue weighted by atomic mass is 10.1. The van der Waals surface area contributed by atoms with E-state index in [1.807, 2.05) is 0 Å². The average molecular weight is 285 g/mol. The Kier molecular flexibility index (Phi) is 3.17. The first-order valence-corrected chi connectivity index (χ1v) is 6.50. The Morgan fingerprint density at radius 1 is 1.05 bits per heavy atom. The molecule has 21 heavy (non-hydrogen) atoms. The van der Waals surface area contributed by atoms with Crippen molar-refractivity contribution in [2.24, 2.45) is 0 Å². The number of carbonyl (C=O) groups is 2. The number of nitrogens with zero attached hydrogens (tertiary/aromatic N) is 1. The van der Waals surface area contributed by atoms with Crippen molar-refractivity contribution in [1.82, 2.24) is 0 Å². The van der Waals surface area contributed by atoms with Gasteiger partial charge in [-0.1, -0.05) is 6.07 Å². The first-order valence-electron chi connectivity index (χ1n) is 6.50. The van der Waals surface area contributed by atoms with Gasteiger partial charge in [0.15, 0.2) is 0 Å². The Morgan fingerprint density at radius 3 is 2.38 bits per heavy atom. The zero-order valence-corrected chi connectivity index (χ0v) is 11.0. The second-order valence-electron chi connectivity index (χ2n) is 4.86. The third kappa shape index (κ3) is 2.38. The van der Waals surface area contributed by atoms with Gasteiger partial charge >= 0.3 is 5.97 Å². The summed E-state index contributed by atoms with van der Waals surface area (Å²) in [5, 5.41) is 8.85. The number of hydrogen-bond acceptors (Lipinski definition) is 2. The number of rotatable bonds is 2. The molecule has 0 radical (unpaired) electrons. The summed E-state index contributed by atoms with van der Waals surface area (Å²) in [5.41, 5.74) is 2.03. The van der Waals surface area contributed by atoms with E-state index < -0.39 is 5.97 Å². The minimum atomic E-state index is -1.04. The van der Waals surface area contributed by atoms with Crippen LogP contribution >= 0.6 is 0 Å². The number of anilines is 1. The molecule has 0 saturated carbocycles. The lowest BCUT2D eigenvalue weighted by Gasteiger charge is -2.17. The standard InChI is InChI=1S/C16H12FNO3/c17-13-6-5-10-7-8-18(14(10)9-13)15(19)11-1-3-12(4-2-11)16(20)21/h1-6,9H,7-8H2,(H,20,21). The normalized spacial score (nSPS) is 13.1. The molecule has 3 rings (SSSR count). The van der Waals surface area contributed by atoms with Crippen molar-refractivity contribution in [3.05, 3.63) is 65.0 Å². The summed E-state index contributed by atoms with van der Waals surface area (Å²) >= 11 is 0. The summed E-state index contributed by atoms with van der Waals surface area (Å²) < 4.78 is 13.3. The molecule has 0 saturated heterocycles. The molecule has 4 nitrogen and oxygen atoms in total. The van der Waals surface area contributed by atoms with Gasteiger partial charge in [-0.05, 0) is 48.4 Å². The van der Waals surface area contributed by atoms with Crippen LogP contribution in [0, 0.1) is 5.82 Å². The minimum absolute atomic E-state index is 0.124. The maximum atomic E-state index is 13.3. The molecule has 0 aliphatic carbocycles. The van der Waals surface area contributed by atoms with Gasteiger partial charge in [0.1, 0.15) is 5.82 Å². The molecule has 0 spiro atoms. The molecule has 0 fully saturated rings. The first-order chi connectivity index (χ1) is 10.1. The highest BCUT2D eigenvalue weighted by molar-refractivity contribution is 6.07. The van der Waals surface area contributed by atoms with Crippen molar-refractivity contribution in [1.29, 1.82) is 0 Å². The SMILES string of the molecule is O=C(O)c1ccc(C(=O)N2CCc3ccc(F)cc32)cc1. The first kappa shape index (κ1) is 13.3. The fraction of sp³-hybridized carbons (Fsp3) is 0.125. The van der Waals surface area contributed by atoms with Gasteiger partial charge in [0.05, 0.1) is 11.3 Å². The van der Waals surface area contributed by atoms with Crippen LogP contribution in [0.2, 0.25) is 0 Å². The smallest absolute Gasteiger partial charge is 0.335 e. The molecule has 0 atom stereocenters. The average Bonchev–Trinajstić information content (AvgIpc) is 2.89. The van der Waals surface area contributed by atoms with E-state index in [9.17, 15) is 14.0 Å². The van der Waals surface area contributed by atoms with E-state index in [1.54, 1.807) is 6.07 Å². The zero-order valence-electron chi connectivity index (χ0n) is 11.0. The van der Waals surface area contributed by atoms with Crippen molar-refractivity contribution in [2.45, 2.75) is 6.42 Å². The largest absolute Gasteiger partial charge is 0.478 e. The van der Waals surface area contributed by atoms with E-state index in [0.717, 1.165) is 5.56 Å². The van der Waals surface area contributed by atoms with Gasteiger partial charge in [-0.25, -0.2) is 9.18 Å². The second kappa shape index (κ2) is 5.01. The lowest BCUT2D eigenvalue weighted by molar-refractivity contribution is 0.0696. The van der Waals surface area contributed by atoms with E-state index in [2.05, 4.69) is 0 Å². The van der Waals surface area contributed by atoms with Crippen molar-refractivity contribution >= 4 is 17.6 Å². The molecule has 1 aliphatic rings. The van der Waals surface area contributed by atoms with Crippen LogP contribution < -0.4 is 4.90 Å². The highest BCUT2D eigenvalue weighted by atomic mass is 19.1. The molecule has 1 N–H and O–H groups in total. The summed E-state index contributed by atoms with van der Waals surface area (Å²) in [7, 11) is 0. The molecule has 1 amide bonds. The second-order valence-corrected chi connectivity index (χ2v) is 4.86. The van der Waals surface area contributed by atoms with Gasteiger partial charge in [0, 0.05) is 12.1 Å². The number of halogens is 1. The topological polar surface area (TPSA) is 57.6 Å². The van der Waals surface area contributed by atoms with Crippen LogP contribution in [-0.2, 0) is 6.42 Å². The fourth-order valence-electron chi connectivity index (χ4n) is 2.47. The number of amides is 1. The molecule has 5 heteroatoms. The van der Waals surface area contributed by atoms with Gasteiger partial charge in [0.2, 0.25) is 0 Å². The Balaban J connectivity index is 1.90. The van der Waals surface area contributed by atoms with Crippen LogP contribution in [0.3, 0.4) is 0 Å². The number of carbonyl (C=O) groups excluding carboxylic acids is 1. The van der Waals surface area contributed by atoms with E-state index >= 15 is 0 Å². The Morgan fingerprint density at radius 2 is 1.71 bits per heavy atom. The zero-order chi connectivity index (χ0) is 15.0. The third-order valence-electron chi connectivity index (χ3n) is 3.57. The number of carboxylic acids is 1. The summed E-state index contributed by atoms with van der Waals surface area (Å²) in [4.78, 5) is 24.8. The number of fused-ring (bicyclic) bond motifs is 1. The molecule has 0 unspecified atom stereocenters. The quantitative estimate of drug-likeness (QED) is 0.923. The maximum absolute atomic E-state index is 13.3. The monoisotopic (exact) mass is 285 g/mol. The highest BCUT2D eigenvalue weighted by Gasteiger charge is 2.26. The molecular formula is C16H12FNO3. The maximum Gasteiger partial charge on any atom is 0.335 e. The van der Waals surface area contributed by atoms with E-state index in [4.69, 9.17) is 5.11 Å². The van der Waals surface area contributed by atoms with Crippen LogP contribution in [-0.4, -0.2) is 23.5 Å². The van der Waals surface area contributed by atoms with Crippen LogP contribution in [0.15, 0.2) is 42.5 Å². The van der Waals surface area contributed by atoms with Gasteiger partial charge in [-0.15, -0.1) is 0 Å². The number of hydrogen-bond donors (Lipinski definition) is 1. The molecule has 1 aliphatic heterocycles. The van der Waals surface area contributed by atoms with Crippen molar-refractivity contribution in [2.75, 3.05) is 11.4 Å². The molecule has 2 aromatic rings. The van der Waals surface area contributed by atoms with Crippen molar-refractivity contribution in [3.8, 4) is 0 Å². The molecular weight excluding hydrogens is 273 g/mol. The number of benzene rings is 2. The predicted molar refractivity (Wildman–Crippen MR) is 75.2 cm³/mol. The van der Waals surface area contributed by atoms with Crippen molar-refractivity contribution in [3.63, 3.8) is 0 Å². The van der Waals surface area contributed by atoms with E-state index in [0.29, 0.717) is 24.2 Å². The predicted octanol–water partition coefficient (Wildman–Crippen LogP) is 2.73. The number of aromatic carboxylic acids is 1. The molecule has 1 heterocycles. The van der Waals surface area contributed by atoms with Crippen LogP contribution in [0.4, 0.5) is 10.1 Å². The summed E-state index contributed by atoms with van der Waals surface area (Å²) in [5.74, 6) is -1.67. The van der Waals surface area contributed by atoms with Gasteiger partial charge in [-0.2, -0.15) is 0 Å². The van der Waals surface area contributed by atoms with Gasteiger partial charge in [0.25, 0.3) is 5.91 Å². The summed E-state index contributed by atoms with van der Waals surface area (Å²) in [6, 6.07) is 10.1. The van der Waals surface area contributed by atoms with Gasteiger partial charge < -0.3 is 10.0 Å². The highest BCUT2D eigenvalue weighted by Crippen LogP contribution is 2.30. The molecule has 0 bridgehead atoms. The van der Waals surface area contributed by atoms with Gasteiger partial charge in [-0.3, -0.25) is 4.79 Å². The van der Waals surface area contributed by atoms with Crippen LogP contribution in [0.5, 0.6) is 0 Å². The van der Waals surface area contributed by atoms with Crippen LogP contribution in [0.25, 0.3) is 0 Å². The Bertz CT molecular complexity index is 725. The minimum Gasteiger partial charge on any atom is -0.478 e. The third-order valence-corrected chi connectivity index (χ3v) is 3.57. The van der Waals surface area contributed by atoms with E-state index in [-0.39, 0.29) is 17.3 Å². The summed E-state index contributed by atoms with van der Waals surface area (Å²) in [6.45, 7) is 0.498.